The van der Waals surface area contributed by atoms with Crippen molar-refractivity contribution in [2.45, 2.75) is 46.0 Å². The lowest BCUT2D eigenvalue weighted by Gasteiger charge is -2.27. The lowest BCUT2D eigenvalue weighted by Crippen LogP contribution is -2.30. The van der Waals surface area contributed by atoms with Crippen molar-refractivity contribution in [3.63, 3.8) is 0 Å². The third kappa shape index (κ3) is 3.25. The third-order valence-electron chi connectivity index (χ3n) is 4.61. The minimum absolute atomic E-state index is 0.0683. The number of nitrogens with one attached hydrogen (secondary N) is 1. The molecule has 0 aromatic carbocycles. The quantitative estimate of drug-likeness (QED) is 0.930. The Balaban J connectivity index is 1.87. The Kier molecular flexibility index (Phi) is 4.37. The molecular weight excluding hydrogens is 278 g/mol. The van der Waals surface area contributed by atoms with Gasteiger partial charge in [0.15, 0.2) is 0 Å². The molecule has 3 heterocycles. The molecular formula is C17H27N3O2. The topological polar surface area (TPSA) is 56.1 Å². The van der Waals surface area contributed by atoms with E-state index in [0.29, 0.717) is 11.8 Å². The summed E-state index contributed by atoms with van der Waals surface area (Å²) in [5.74, 6) is 1.13. The van der Waals surface area contributed by atoms with E-state index >= 15 is 0 Å². The van der Waals surface area contributed by atoms with E-state index < -0.39 is 5.41 Å². The van der Waals surface area contributed by atoms with Gasteiger partial charge >= 0.3 is 0 Å². The van der Waals surface area contributed by atoms with Crippen LogP contribution in [0, 0.1) is 11.3 Å². The van der Waals surface area contributed by atoms with E-state index in [1.807, 2.05) is 27.0 Å². The van der Waals surface area contributed by atoms with Gasteiger partial charge in [-0.25, -0.2) is 4.68 Å². The normalized spacial score (nSPS) is 20.9. The zero-order valence-corrected chi connectivity index (χ0v) is 13.9. The van der Waals surface area contributed by atoms with E-state index in [9.17, 15) is 4.79 Å². The van der Waals surface area contributed by atoms with Crippen LogP contribution in [0.5, 0.6) is 0 Å². The van der Waals surface area contributed by atoms with Gasteiger partial charge in [-0.1, -0.05) is 20.8 Å². The molecule has 2 aliphatic rings. The molecule has 0 unspecified atom stereocenters. The highest BCUT2D eigenvalue weighted by molar-refractivity contribution is 5.83. The number of piperidine rings is 1. The molecule has 122 valence electrons. The van der Waals surface area contributed by atoms with Gasteiger partial charge in [0.2, 0.25) is 0 Å². The fraction of sp³-hybridized carbons (Fsp3) is 0.765. The first-order chi connectivity index (χ1) is 10.4. The maximum absolute atomic E-state index is 12.5. The van der Waals surface area contributed by atoms with Crippen molar-refractivity contribution >= 4 is 5.91 Å². The highest BCUT2D eigenvalue weighted by Crippen LogP contribution is 2.30. The largest absolute Gasteiger partial charge is 0.381 e. The van der Waals surface area contributed by atoms with E-state index in [4.69, 9.17) is 9.84 Å². The van der Waals surface area contributed by atoms with E-state index in [-0.39, 0.29) is 5.91 Å². The number of ether oxygens (including phenoxy) is 1. The van der Waals surface area contributed by atoms with Crippen LogP contribution in [-0.4, -0.2) is 42.0 Å². The maximum atomic E-state index is 12.5. The molecule has 0 radical (unpaired) electrons. The summed E-state index contributed by atoms with van der Waals surface area (Å²) in [7, 11) is 0. The minimum Gasteiger partial charge on any atom is -0.381 e. The van der Waals surface area contributed by atoms with Crippen LogP contribution in [-0.2, 0) is 11.2 Å². The first-order valence-corrected chi connectivity index (χ1v) is 8.37. The molecule has 1 N–H and O–H groups in total. The van der Waals surface area contributed by atoms with Crippen LogP contribution < -0.4 is 5.32 Å². The first kappa shape index (κ1) is 15.7. The lowest BCUT2D eigenvalue weighted by molar-refractivity contribution is -0.0313. The van der Waals surface area contributed by atoms with Crippen molar-refractivity contribution in [3.8, 4) is 0 Å². The van der Waals surface area contributed by atoms with Crippen LogP contribution in [0.4, 0.5) is 0 Å². The Bertz CT molecular complexity index is 535. The Hall–Kier alpha value is -1.20. The van der Waals surface area contributed by atoms with Crippen LogP contribution >= 0.6 is 0 Å². The fourth-order valence-corrected chi connectivity index (χ4v) is 3.18. The number of aromatic nitrogens is 2. The number of carbonyl (C=O) groups excluding carboxylic acids is 1. The van der Waals surface area contributed by atoms with Gasteiger partial charge in [0.05, 0.1) is 18.9 Å². The minimum atomic E-state index is -0.408. The van der Waals surface area contributed by atoms with Crippen LogP contribution in [0.3, 0.4) is 0 Å². The zero-order valence-electron chi connectivity index (χ0n) is 13.9. The Morgan fingerprint density at radius 1 is 1.36 bits per heavy atom. The molecule has 5 nitrogen and oxygen atoms in total. The molecule has 0 amide bonds. The second-order valence-corrected chi connectivity index (χ2v) is 7.67. The van der Waals surface area contributed by atoms with Gasteiger partial charge in [0, 0.05) is 23.4 Å². The third-order valence-corrected chi connectivity index (χ3v) is 4.61. The van der Waals surface area contributed by atoms with Crippen LogP contribution in [0.2, 0.25) is 0 Å². The average Bonchev–Trinajstić information content (AvgIpc) is 2.86. The van der Waals surface area contributed by atoms with E-state index in [1.165, 1.54) is 5.56 Å². The highest BCUT2D eigenvalue weighted by atomic mass is 16.5. The number of hydrogen-bond donors (Lipinski definition) is 1. The summed E-state index contributed by atoms with van der Waals surface area (Å²) in [4.78, 5) is 12.5. The Labute approximate surface area is 132 Å². The number of carbonyl (C=O) groups is 1. The SMILES string of the molecule is CC(C)(C)C(=O)n1cc(CC2COC2)c(C2CCNCC2)n1. The summed E-state index contributed by atoms with van der Waals surface area (Å²) in [6.07, 6.45) is 5.17. The Morgan fingerprint density at radius 3 is 2.59 bits per heavy atom. The van der Waals surface area contributed by atoms with E-state index in [0.717, 1.165) is 51.3 Å². The smallest absolute Gasteiger partial charge is 0.252 e. The number of nitrogens with zero attached hydrogens (tertiary/aromatic N) is 2. The summed E-state index contributed by atoms with van der Waals surface area (Å²) in [6, 6.07) is 0. The van der Waals surface area contributed by atoms with Crippen molar-refractivity contribution in [3.05, 3.63) is 17.5 Å². The highest BCUT2D eigenvalue weighted by Gasteiger charge is 2.30. The molecule has 0 aliphatic carbocycles. The van der Waals surface area contributed by atoms with Gasteiger partial charge < -0.3 is 10.1 Å². The molecule has 2 saturated heterocycles. The number of hydrogen-bond acceptors (Lipinski definition) is 4. The van der Waals surface area contributed by atoms with Crippen molar-refractivity contribution in [2.24, 2.45) is 11.3 Å². The zero-order chi connectivity index (χ0) is 15.7. The summed E-state index contributed by atoms with van der Waals surface area (Å²) < 4.78 is 6.89. The second-order valence-electron chi connectivity index (χ2n) is 7.67. The molecule has 0 spiro atoms. The molecule has 1 aromatic heterocycles. The molecule has 22 heavy (non-hydrogen) atoms. The predicted octanol–water partition coefficient (Wildman–Crippen LogP) is 2.23. The molecule has 1 aromatic rings. The van der Waals surface area contributed by atoms with Crippen LogP contribution in [0.25, 0.3) is 0 Å². The van der Waals surface area contributed by atoms with Gasteiger partial charge in [-0.3, -0.25) is 4.79 Å². The maximum Gasteiger partial charge on any atom is 0.252 e. The van der Waals surface area contributed by atoms with Gasteiger partial charge in [0.1, 0.15) is 0 Å². The summed E-state index contributed by atoms with van der Waals surface area (Å²) in [5, 5.41) is 8.11. The molecule has 0 saturated carbocycles. The van der Waals surface area contributed by atoms with Gasteiger partial charge in [0.25, 0.3) is 5.91 Å². The standard InChI is InChI=1S/C17H27N3O2/c1-17(2,3)16(21)20-9-14(8-12-10-22-11-12)15(19-20)13-4-6-18-7-5-13/h9,12-13,18H,4-8,10-11H2,1-3H3. The molecule has 2 aliphatic heterocycles. The first-order valence-electron chi connectivity index (χ1n) is 8.37. The summed E-state index contributed by atoms with van der Waals surface area (Å²) >= 11 is 0. The number of rotatable bonds is 3. The molecule has 3 rings (SSSR count). The summed E-state index contributed by atoms with van der Waals surface area (Å²) in [6.45, 7) is 9.59. The van der Waals surface area contributed by atoms with Crippen molar-refractivity contribution in [1.82, 2.24) is 15.1 Å². The van der Waals surface area contributed by atoms with Crippen LogP contribution in [0.1, 0.15) is 55.6 Å². The van der Waals surface area contributed by atoms with Crippen molar-refractivity contribution in [1.29, 1.82) is 0 Å². The van der Waals surface area contributed by atoms with Crippen LogP contribution in [0.15, 0.2) is 6.20 Å². The Morgan fingerprint density at radius 2 is 2.05 bits per heavy atom. The molecule has 0 atom stereocenters. The van der Waals surface area contributed by atoms with E-state index in [2.05, 4.69) is 5.32 Å². The molecule has 2 fully saturated rings. The molecule has 5 heteroatoms. The predicted molar refractivity (Wildman–Crippen MR) is 85.2 cm³/mol. The van der Waals surface area contributed by atoms with Gasteiger partial charge in [-0.2, -0.15) is 5.10 Å². The monoisotopic (exact) mass is 305 g/mol. The second kappa shape index (κ2) is 6.13. The fourth-order valence-electron chi connectivity index (χ4n) is 3.18. The average molecular weight is 305 g/mol. The van der Waals surface area contributed by atoms with Gasteiger partial charge in [-0.15, -0.1) is 0 Å². The summed E-state index contributed by atoms with van der Waals surface area (Å²) in [5.41, 5.74) is 1.98. The van der Waals surface area contributed by atoms with Crippen molar-refractivity contribution in [2.75, 3.05) is 26.3 Å². The lowest BCUT2D eigenvalue weighted by atomic mass is 9.89. The van der Waals surface area contributed by atoms with E-state index in [1.54, 1.807) is 4.68 Å². The molecule has 0 bridgehead atoms. The van der Waals surface area contributed by atoms with Gasteiger partial charge in [-0.05, 0) is 37.9 Å². The van der Waals surface area contributed by atoms with Crippen molar-refractivity contribution < 1.29 is 9.53 Å².